The average Bonchev–Trinajstić information content (AvgIpc) is 2.63. The molecule has 0 radical (unpaired) electrons. The number of imide groups is 1. The summed E-state index contributed by atoms with van der Waals surface area (Å²) in [5.74, 6) is -0.506. The maximum absolute atomic E-state index is 12.5. The van der Waals surface area contributed by atoms with Crippen molar-refractivity contribution in [3.8, 4) is 0 Å². The monoisotopic (exact) mass is 260 g/mol. The Balaban J connectivity index is 2.02. The van der Waals surface area contributed by atoms with E-state index in [-0.39, 0.29) is 11.8 Å². The summed E-state index contributed by atoms with van der Waals surface area (Å²) < 4.78 is 5.45. The molecule has 0 aliphatic carbocycles. The standard InChI is InChI=1S/C14H16N2O3/c1-14(5-2-6-19-8-14)16-12(17)10-4-3-9(15)7-11(10)13(16)18/h3-4,7H,2,5-6,8,15H2,1H3. The van der Waals surface area contributed by atoms with Crippen LogP contribution in [0, 0.1) is 0 Å². The topological polar surface area (TPSA) is 72.6 Å². The molecule has 1 fully saturated rings. The lowest BCUT2D eigenvalue weighted by molar-refractivity contribution is -0.0202. The van der Waals surface area contributed by atoms with E-state index in [1.165, 1.54) is 4.90 Å². The molecule has 2 aliphatic rings. The van der Waals surface area contributed by atoms with Crippen LogP contribution in [0.5, 0.6) is 0 Å². The predicted molar refractivity (Wildman–Crippen MR) is 69.8 cm³/mol. The number of nitrogen functional groups attached to an aromatic ring is 1. The molecule has 1 saturated heterocycles. The van der Waals surface area contributed by atoms with Gasteiger partial charge in [-0.3, -0.25) is 14.5 Å². The summed E-state index contributed by atoms with van der Waals surface area (Å²) in [7, 11) is 0. The molecule has 2 amide bonds. The highest BCUT2D eigenvalue weighted by molar-refractivity contribution is 6.22. The fraction of sp³-hybridized carbons (Fsp3) is 0.429. The number of hydrogen-bond donors (Lipinski definition) is 1. The number of nitrogens with two attached hydrogens (primary N) is 1. The molecule has 1 atom stereocenters. The van der Waals surface area contributed by atoms with Crippen LogP contribution in [0.4, 0.5) is 5.69 Å². The van der Waals surface area contributed by atoms with Gasteiger partial charge in [0.05, 0.1) is 23.3 Å². The van der Waals surface area contributed by atoms with Crippen LogP contribution in [-0.2, 0) is 4.74 Å². The van der Waals surface area contributed by atoms with Gasteiger partial charge in [-0.25, -0.2) is 0 Å². The molecule has 0 bridgehead atoms. The quantitative estimate of drug-likeness (QED) is 0.612. The first-order valence-corrected chi connectivity index (χ1v) is 6.39. The number of hydrogen-bond acceptors (Lipinski definition) is 4. The first kappa shape index (κ1) is 12.2. The maximum Gasteiger partial charge on any atom is 0.262 e. The van der Waals surface area contributed by atoms with Gasteiger partial charge in [-0.15, -0.1) is 0 Å². The highest BCUT2D eigenvalue weighted by Gasteiger charge is 2.47. The van der Waals surface area contributed by atoms with E-state index in [2.05, 4.69) is 0 Å². The number of anilines is 1. The summed E-state index contributed by atoms with van der Waals surface area (Å²) in [6.07, 6.45) is 1.62. The minimum absolute atomic E-state index is 0.243. The fourth-order valence-electron chi connectivity index (χ4n) is 2.84. The van der Waals surface area contributed by atoms with Gasteiger partial charge in [0.15, 0.2) is 0 Å². The van der Waals surface area contributed by atoms with Gasteiger partial charge in [0, 0.05) is 12.3 Å². The molecule has 3 rings (SSSR count). The van der Waals surface area contributed by atoms with Crippen molar-refractivity contribution in [3.63, 3.8) is 0 Å². The number of benzene rings is 1. The third kappa shape index (κ3) is 1.73. The van der Waals surface area contributed by atoms with Crippen LogP contribution < -0.4 is 5.73 Å². The number of ether oxygens (including phenoxy) is 1. The van der Waals surface area contributed by atoms with Gasteiger partial charge < -0.3 is 10.5 Å². The van der Waals surface area contributed by atoms with E-state index in [1.807, 2.05) is 6.92 Å². The van der Waals surface area contributed by atoms with Crippen molar-refractivity contribution in [1.82, 2.24) is 4.90 Å². The molecule has 100 valence electrons. The molecule has 1 aromatic carbocycles. The fourth-order valence-corrected chi connectivity index (χ4v) is 2.84. The van der Waals surface area contributed by atoms with Crippen molar-refractivity contribution in [2.45, 2.75) is 25.3 Å². The second-order valence-corrected chi connectivity index (χ2v) is 5.40. The predicted octanol–water partition coefficient (Wildman–Crippen LogP) is 1.43. The number of amides is 2. The Morgan fingerprint density at radius 2 is 2.00 bits per heavy atom. The van der Waals surface area contributed by atoms with E-state index in [0.717, 1.165) is 12.8 Å². The van der Waals surface area contributed by atoms with E-state index >= 15 is 0 Å². The van der Waals surface area contributed by atoms with Crippen LogP contribution in [0.1, 0.15) is 40.5 Å². The maximum atomic E-state index is 12.5. The number of carbonyl (C=O) groups is 2. The van der Waals surface area contributed by atoms with Gasteiger partial charge in [0.25, 0.3) is 11.8 Å². The number of rotatable bonds is 1. The molecule has 1 unspecified atom stereocenters. The molecule has 2 heterocycles. The summed E-state index contributed by atoms with van der Waals surface area (Å²) in [4.78, 5) is 26.2. The summed E-state index contributed by atoms with van der Waals surface area (Å²) in [6, 6.07) is 4.84. The minimum atomic E-state index is -0.555. The Kier molecular flexibility index (Phi) is 2.60. The number of nitrogens with zero attached hydrogens (tertiary/aromatic N) is 1. The van der Waals surface area contributed by atoms with Crippen LogP contribution in [0.25, 0.3) is 0 Å². The second kappa shape index (κ2) is 4.06. The van der Waals surface area contributed by atoms with Crippen LogP contribution in [0.15, 0.2) is 18.2 Å². The molecule has 0 spiro atoms. The van der Waals surface area contributed by atoms with Crippen molar-refractivity contribution >= 4 is 17.5 Å². The molecule has 0 saturated carbocycles. The van der Waals surface area contributed by atoms with Gasteiger partial charge in [0.1, 0.15) is 0 Å². The molecule has 19 heavy (non-hydrogen) atoms. The van der Waals surface area contributed by atoms with Crippen LogP contribution >= 0.6 is 0 Å². The largest absolute Gasteiger partial charge is 0.399 e. The van der Waals surface area contributed by atoms with E-state index in [0.29, 0.717) is 30.0 Å². The lowest BCUT2D eigenvalue weighted by Gasteiger charge is -2.39. The smallest absolute Gasteiger partial charge is 0.262 e. The third-order valence-electron chi connectivity index (χ3n) is 3.87. The molecule has 0 aromatic heterocycles. The van der Waals surface area contributed by atoms with Crippen molar-refractivity contribution in [2.75, 3.05) is 18.9 Å². The molecular formula is C14H16N2O3. The molecule has 5 heteroatoms. The van der Waals surface area contributed by atoms with E-state index < -0.39 is 5.54 Å². The first-order valence-electron chi connectivity index (χ1n) is 6.39. The van der Waals surface area contributed by atoms with Crippen molar-refractivity contribution in [1.29, 1.82) is 0 Å². The number of carbonyl (C=O) groups excluding carboxylic acids is 2. The van der Waals surface area contributed by atoms with E-state index in [9.17, 15) is 9.59 Å². The normalized spacial score (nSPS) is 26.7. The lowest BCUT2D eigenvalue weighted by Crippen LogP contribution is -2.54. The van der Waals surface area contributed by atoms with Crippen LogP contribution in [0.3, 0.4) is 0 Å². The minimum Gasteiger partial charge on any atom is -0.399 e. The SMILES string of the molecule is CC1(N2C(=O)c3ccc(N)cc3C2=O)CCCOC1. The Hall–Kier alpha value is -1.88. The van der Waals surface area contributed by atoms with E-state index in [4.69, 9.17) is 10.5 Å². The van der Waals surface area contributed by atoms with Crippen LogP contribution in [0.2, 0.25) is 0 Å². The van der Waals surface area contributed by atoms with Gasteiger partial charge in [-0.05, 0) is 38.0 Å². The lowest BCUT2D eigenvalue weighted by atomic mass is 9.93. The zero-order chi connectivity index (χ0) is 13.6. The Morgan fingerprint density at radius 3 is 2.68 bits per heavy atom. The summed E-state index contributed by atoms with van der Waals surface area (Å²) in [6.45, 7) is 2.98. The van der Waals surface area contributed by atoms with Gasteiger partial charge >= 0.3 is 0 Å². The molecular weight excluding hydrogens is 244 g/mol. The molecule has 5 nitrogen and oxygen atoms in total. The third-order valence-corrected chi connectivity index (χ3v) is 3.87. The van der Waals surface area contributed by atoms with E-state index in [1.54, 1.807) is 18.2 Å². The molecule has 2 aliphatic heterocycles. The van der Waals surface area contributed by atoms with Gasteiger partial charge in [-0.2, -0.15) is 0 Å². The first-order chi connectivity index (χ1) is 9.03. The average molecular weight is 260 g/mol. The zero-order valence-corrected chi connectivity index (χ0v) is 10.8. The summed E-state index contributed by atoms with van der Waals surface area (Å²) >= 11 is 0. The summed E-state index contributed by atoms with van der Waals surface area (Å²) in [5.41, 5.74) is 6.46. The van der Waals surface area contributed by atoms with Crippen LogP contribution in [-0.4, -0.2) is 35.5 Å². The zero-order valence-electron chi connectivity index (χ0n) is 10.8. The van der Waals surface area contributed by atoms with Gasteiger partial charge in [0.2, 0.25) is 0 Å². The number of fused-ring (bicyclic) bond motifs is 1. The highest BCUT2D eigenvalue weighted by Crippen LogP contribution is 2.34. The van der Waals surface area contributed by atoms with Crippen molar-refractivity contribution in [3.05, 3.63) is 29.3 Å². The Morgan fingerprint density at radius 1 is 1.26 bits per heavy atom. The van der Waals surface area contributed by atoms with Crippen molar-refractivity contribution < 1.29 is 14.3 Å². The molecule has 2 N–H and O–H groups in total. The Labute approximate surface area is 111 Å². The van der Waals surface area contributed by atoms with Gasteiger partial charge in [-0.1, -0.05) is 0 Å². The molecule has 1 aromatic rings. The van der Waals surface area contributed by atoms with Crippen molar-refractivity contribution in [2.24, 2.45) is 0 Å². The summed E-state index contributed by atoms with van der Waals surface area (Å²) in [5, 5.41) is 0. The second-order valence-electron chi connectivity index (χ2n) is 5.40. The Bertz CT molecular complexity index is 562. The highest BCUT2D eigenvalue weighted by atomic mass is 16.5.